The molecule has 0 aliphatic carbocycles. The summed E-state index contributed by atoms with van der Waals surface area (Å²) >= 11 is -0.172. The van der Waals surface area contributed by atoms with Crippen molar-refractivity contribution >= 4 is 22.5 Å². The van der Waals surface area contributed by atoms with Gasteiger partial charge in [-0.3, -0.25) is 0 Å². The Labute approximate surface area is 123 Å². The molecule has 0 aliphatic heterocycles. The monoisotopic (exact) mass is 305 g/mol. The fourth-order valence-corrected chi connectivity index (χ4v) is 2.77. The van der Waals surface area contributed by atoms with Gasteiger partial charge in [0.15, 0.2) is 0 Å². The molecule has 0 saturated carbocycles. The Morgan fingerprint density at radius 2 is 1.52 bits per heavy atom. The van der Waals surface area contributed by atoms with Crippen LogP contribution in [0.2, 0.25) is 0 Å². The van der Waals surface area contributed by atoms with Gasteiger partial charge in [-0.1, -0.05) is 54.6 Å². The van der Waals surface area contributed by atoms with Gasteiger partial charge in [-0.25, -0.2) is 4.98 Å². The van der Waals surface area contributed by atoms with E-state index in [0.29, 0.717) is 11.1 Å². The molecule has 0 N–H and O–H groups in total. The second-order valence-corrected chi connectivity index (χ2v) is 5.50. The van der Waals surface area contributed by atoms with Gasteiger partial charge in [0.1, 0.15) is 5.03 Å². The summed E-state index contributed by atoms with van der Waals surface area (Å²) in [5.41, 5.74) is -3.02. The van der Waals surface area contributed by atoms with Crippen molar-refractivity contribution in [1.29, 1.82) is 0 Å². The van der Waals surface area contributed by atoms with Gasteiger partial charge in [0.2, 0.25) is 0 Å². The number of hydrogen-bond donors (Lipinski definition) is 0. The molecule has 0 spiro atoms. The summed E-state index contributed by atoms with van der Waals surface area (Å²) in [5.74, 6) is 0. The van der Waals surface area contributed by atoms with Gasteiger partial charge >= 0.3 is 5.51 Å². The van der Waals surface area contributed by atoms with Crippen LogP contribution in [0.25, 0.3) is 22.0 Å². The first kappa shape index (κ1) is 13.9. The van der Waals surface area contributed by atoms with Crippen molar-refractivity contribution in [3.05, 3.63) is 60.7 Å². The van der Waals surface area contributed by atoms with Crippen molar-refractivity contribution in [3.63, 3.8) is 0 Å². The fourth-order valence-electron chi connectivity index (χ4n) is 2.11. The third kappa shape index (κ3) is 3.19. The first-order chi connectivity index (χ1) is 10.0. The van der Waals surface area contributed by atoms with E-state index in [1.807, 2.05) is 36.4 Å². The number of aromatic nitrogens is 1. The van der Waals surface area contributed by atoms with Crippen molar-refractivity contribution in [2.45, 2.75) is 10.5 Å². The molecular weight excluding hydrogens is 295 g/mol. The summed E-state index contributed by atoms with van der Waals surface area (Å²) in [6.07, 6.45) is 0. The summed E-state index contributed by atoms with van der Waals surface area (Å²) in [6, 6.07) is 18.0. The average Bonchev–Trinajstić information content (AvgIpc) is 2.46. The average molecular weight is 305 g/mol. The second kappa shape index (κ2) is 5.41. The van der Waals surface area contributed by atoms with Gasteiger partial charge in [-0.2, -0.15) is 13.2 Å². The Morgan fingerprint density at radius 3 is 2.24 bits per heavy atom. The molecule has 1 heterocycles. The number of hydrogen-bond acceptors (Lipinski definition) is 2. The van der Waals surface area contributed by atoms with Crippen LogP contribution in [0, 0.1) is 0 Å². The fraction of sp³-hybridized carbons (Fsp3) is 0.0625. The maximum atomic E-state index is 12.7. The minimum atomic E-state index is -4.36. The molecule has 3 rings (SSSR count). The largest absolute Gasteiger partial charge is 0.447 e. The third-order valence-corrected chi connectivity index (χ3v) is 3.72. The lowest BCUT2D eigenvalue weighted by atomic mass is 10.1. The summed E-state index contributed by atoms with van der Waals surface area (Å²) in [7, 11) is 0. The van der Waals surface area contributed by atoms with Gasteiger partial charge < -0.3 is 0 Å². The van der Waals surface area contributed by atoms with Crippen LogP contribution in [0.3, 0.4) is 0 Å². The number of nitrogens with zero attached hydrogens (tertiary/aromatic N) is 1. The second-order valence-electron chi connectivity index (χ2n) is 4.45. The van der Waals surface area contributed by atoms with Crippen LogP contribution < -0.4 is 0 Å². The van der Waals surface area contributed by atoms with Crippen LogP contribution in [0.5, 0.6) is 0 Å². The van der Waals surface area contributed by atoms with E-state index >= 15 is 0 Å². The molecule has 0 unspecified atom stereocenters. The van der Waals surface area contributed by atoms with E-state index in [-0.39, 0.29) is 16.8 Å². The summed E-state index contributed by atoms with van der Waals surface area (Å²) in [6.45, 7) is 0. The van der Waals surface area contributed by atoms with Crippen LogP contribution >= 0.6 is 11.8 Å². The zero-order valence-corrected chi connectivity index (χ0v) is 11.6. The van der Waals surface area contributed by atoms with Crippen molar-refractivity contribution in [1.82, 2.24) is 4.98 Å². The standard InChI is InChI=1S/C16H10F3NS/c17-16(18,19)21-15-13-9-5-4-8-12(13)10-14(20-15)11-6-2-1-3-7-11/h1-10H. The predicted octanol–water partition coefficient (Wildman–Crippen LogP) is 5.51. The number of halogens is 3. The lowest BCUT2D eigenvalue weighted by Gasteiger charge is -2.10. The van der Waals surface area contributed by atoms with Crippen molar-refractivity contribution in [3.8, 4) is 11.3 Å². The number of fused-ring (bicyclic) bond motifs is 1. The molecule has 0 radical (unpaired) electrons. The van der Waals surface area contributed by atoms with Crippen molar-refractivity contribution < 1.29 is 13.2 Å². The molecular formula is C16H10F3NS. The van der Waals surface area contributed by atoms with Gasteiger partial charge in [-0.15, -0.1) is 0 Å². The van der Waals surface area contributed by atoms with E-state index in [0.717, 1.165) is 10.9 Å². The van der Waals surface area contributed by atoms with Crippen LogP contribution in [0.1, 0.15) is 0 Å². The zero-order valence-electron chi connectivity index (χ0n) is 10.8. The highest BCUT2D eigenvalue weighted by molar-refractivity contribution is 8.00. The van der Waals surface area contributed by atoms with E-state index in [1.165, 1.54) is 0 Å². The molecule has 106 valence electrons. The SMILES string of the molecule is FC(F)(F)Sc1nc(-c2ccccc2)cc2ccccc12. The molecule has 0 atom stereocenters. The number of alkyl halides is 3. The first-order valence-electron chi connectivity index (χ1n) is 6.24. The van der Waals surface area contributed by atoms with Crippen LogP contribution in [-0.4, -0.2) is 10.5 Å². The van der Waals surface area contributed by atoms with Gasteiger partial charge in [0.25, 0.3) is 0 Å². The van der Waals surface area contributed by atoms with E-state index in [1.54, 1.807) is 24.3 Å². The minimum absolute atomic E-state index is 0.0144. The molecule has 0 aliphatic rings. The van der Waals surface area contributed by atoms with Crippen molar-refractivity contribution in [2.75, 3.05) is 0 Å². The van der Waals surface area contributed by atoms with Crippen molar-refractivity contribution in [2.24, 2.45) is 0 Å². The number of benzene rings is 2. The van der Waals surface area contributed by atoms with Crippen LogP contribution in [0.4, 0.5) is 13.2 Å². The Morgan fingerprint density at radius 1 is 0.857 bits per heavy atom. The molecule has 0 saturated heterocycles. The van der Waals surface area contributed by atoms with Gasteiger partial charge in [0, 0.05) is 22.7 Å². The van der Waals surface area contributed by atoms with Crippen LogP contribution in [-0.2, 0) is 0 Å². The number of rotatable bonds is 2. The van der Waals surface area contributed by atoms with Crippen LogP contribution in [0.15, 0.2) is 65.7 Å². The first-order valence-corrected chi connectivity index (χ1v) is 7.05. The molecule has 0 amide bonds. The maximum Gasteiger partial charge on any atom is 0.447 e. The third-order valence-electron chi connectivity index (χ3n) is 2.99. The molecule has 3 aromatic rings. The Balaban J connectivity index is 2.20. The number of pyridine rings is 1. The highest BCUT2D eigenvalue weighted by Gasteiger charge is 2.31. The highest BCUT2D eigenvalue weighted by atomic mass is 32.2. The van der Waals surface area contributed by atoms with Gasteiger partial charge in [0.05, 0.1) is 5.69 Å². The summed E-state index contributed by atoms with van der Waals surface area (Å²) in [4.78, 5) is 4.20. The van der Waals surface area contributed by atoms with E-state index in [9.17, 15) is 13.2 Å². The predicted molar refractivity (Wildman–Crippen MR) is 79.1 cm³/mol. The highest BCUT2D eigenvalue weighted by Crippen LogP contribution is 2.40. The molecule has 0 bridgehead atoms. The normalized spacial score (nSPS) is 11.8. The lowest BCUT2D eigenvalue weighted by molar-refractivity contribution is -0.0328. The Kier molecular flexibility index (Phi) is 3.59. The molecule has 21 heavy (non-hydrogen) atoms. The molecule has 1 nitrogen and oxygen atoms in total. The smallest absolute Gasteiger partial charge is 0.240 e. The van der Waals surface area contributed by atoms with E-state index in [4.69, 9.17) is 0 Å². The summed E-state index contributed by atoms with van der Waals surface area (Å²) in [5, 5.41) is 1.25. The quantitative estimate of drug-likeness (QED) is 0.579. The molecule has 2 aromatic carbocycles. The molecule has 1 aromatic heterocycles. The number of thioether (sulfide) groups is 1. The zero-order chi connectivity index (χ0) is 14.9. The summed E-state index contributed by atoms with van der Waals surface area (Å²) < 4.78 is 38.2. The van der Waals surface area contributed by atoms with E-state index < -0.39 is 5.51 Å². The minimum Gasteiger partial charge on any atom is -0.240 e. The maximum absolute atomic E-state index is 12.7. The topological polar surface area (TPSA) is 12.9 Å². The lowest BCUT2D eigenvalue weighted by Crippen LogP contribution is -2.01. The Bertz CT molecular complexity index is 769. The molecule has 0 fully saturated rings. The van der Waals surface area contributed by atoms with Gasteiger partial charge in [-0.05, 0) is 11.5 Å². The Hall–Kier alpha value is -2.01. The molecule has 5 heteroatoms. The van der Waals surface area contributed by atoms with E-state index in [2.05, 4.69) is 4.98 Å².